The van der Waals surface area contributed by atoms with E-state index in [-0.39, 0.29) is 19.7 Å². The number of nitrogens with zero attached hydrogens (tertiary/aromatic N) is 2. The van der Waals surface area contributed by atoms with Gasteiger partial charge in [-0.2, -0.15) is 9.57 Å². The van der Waals surface area contributed by atoms with Crippen molar-refractivity contribution in [1.29, 1.82) is 5.26 Å². The number of rotatable bonds is 2. The van der Waals surface area contributed by atoms with Crippen molar-refractivity contribution in [3.8, 4) is 6.07 Å². The van der Waals surface area contributed by atoms with Crippen molar-refractivity contribution in [1.82, 2.24) is 4.31 Å². The molecule has 0 radical (unpaired) electrons. The lowest BCUT2D eigenvalue weighted by Crippen LogP contribution is -2.45. The van der Waals surface area contributed by atoms with E-state index in [4.69, 9.17) is 10.00 Å². The summed E-state index contributed by atoms with van der Waals surface area (Å²) in [7, 11) is -4.09. The van der Waals surface area contributed by atoms with Crippen molar-refractivity contribution in [2.45, 2.75) is 11.0 Å². The van der Waals surface area contributed by atoms with Gasteiger partial charge in [0.15, 0.2) is 6.10 Å². The van der Waals surface area contributed by atoms with E-state index < -0.39 is 32.7 Å². The van der Waals surface area contributed by atoms with Gasteiger partial charge in [-0.25, -0.2) is 17.2 Å². The summed E-state index contributed by atoms with van der Waals surface area (Å²) in [6.07, 6.45) is -0.882. The van der Waals surface area contributed by atoms with Crippen LogP contribution < -0.4 is 0 Å². The number of hydrogen-bond donors (Lipinski definition) is 0. The first-order valence-electron chi connectivity index (χ1n) is 5.41. The zero-order chi connectivity index (χ0) is 14.0. The Labute approximate surface area is 109 Å². The summed E-state index contributed by atoms with van der Waals surface area (Å²) in [6, 6.07) is 4.05. The Morgan fingerprint density at radius 2 is 2.16 bits per heavy atom. The molecule has 0 N–H and O–H groups in total. The Kier molecular flexibility index (Phi) is 3.80. The first kappa shape index (κ1) is 13.9. The van der Waals surface area contributed by atoms with Gasteiger partial charge in [0.1, 0.15) is 16.5 Å². The molecule has 0 aromatic heterocycles. The van der Waals surface area contributed by atoms with Crippen LogP contribution in [0.4, 0.5) is 8.78 Å². The maximum atomic E-state index is 13.5. The third-order valence-electron chi connectivity index (χ3n) is 2.68. The fourth-order valence-electron chi connectivity index (χ4n) is 1.75. The first-order valence-corrected chi connectivity index (χ1v) is 6.85. The van der Waals surface area contributed by atoms with Crippen LogP contribution in [0.15, 0.2) is 23.1 Å². The molecule has 19 heavy (non-hydrogen) atoms. The molecule has 0 saturated carbocycles. The molecular weight excluding hydrogens is 278 g/mol. The highest BCUT2D eigenvalue weighted by atomic mass is 32.2. The van der Waals surface area contributed by atoms with E-state index in [1.165, 1.54) is 0 Å². The molecule has 1 unspecified atom stereocenters. The molecule has 0 aliphatic carbocycles. The predicted octanol–water partition coefficient (Wildman–Crippen LogP) is 0.878. The lowest BCUT2D eigenvalue weighted by Gasteiger charge is -2.28. The van der Waals surface area contributed by atoms with E-state index in [0.29, 0.717) is 6.07 Å². The van der Waals surface area contributed by atoms with Crippen LogP contribution in [0.5, 0.6) is 0 Å². The highest BCUT2D eigenvalue weighted by molar-refractivity contribution is 7.89. The van der Waals surface area contributed by atoms with Gasteiger partial charge in [-0.1, -0.05) is 0 Å². The SMILES string of the molecule is N#CC1CN(S(=O)(=O)c2ccc(F)cc2F)CCO1. The molecule has 0 amide bonds. The number of sulfonamides is 1. The van der Waals surface area contributed by atoms with Gasteiger partial charge < -0.3 is 4.74 Å². The molecule has 1 aliphatic rings. The van der Waals surface area contributed by atoms with E-state index in [2.05, 4.69) is 0 Å². The van der Waals surface area contributed by atoms with Crippen molar-refractivity contribution in [2.24, 2.45) is 0 Å². The predicted molar refractivity (Wildman–Crippen MR) is 60.5 cm³/mol. The van der Waals surface area contributed by atoms with E-state index in [1.54, 1.807) is 6.07 Å². The maximum absolute atomic E-state index is 13.5. The van der Waals surface area contributed by atoms with E-state index in [0.717, 1.165) is 16.4 Å². The number of morpholine rings is 1. The monoisotopic (exact) mass is 288 g/mol. The second kappa shape index (κ2) is 5.21. The van der Waals surface area contributed by atoms with E-state index in [1.807, 2.05) is 0 Å². The summed E-state index contributed by atoms with van der Waals surface area (Å²) in [5.41, 5.74) is 0. The minimum Gasteiger partial charge on any atom is -0.361 e. The molecule has 1 heterocycles. The number of ether oxygens (including phenoxy) is 1. The molecule has 1 atom stereocenters. The van der Waals surface area contributed by atoms with Crippen LogP contribution in [0, 0.1) is 23.0 Å². The molecule has 0 bridgehead atoms. The molecule has 8 heteroatoms. The van der Waals surface area contributed by atoms with Crippen LogP contribution in [0.3, 0.4) is 0 Å². The maximum Gasteiger partial charge on any atom is 0.246 e. The van der Waals surface area contributed by atoms with Crippen molar-refractivity contribution in [2.75, 3.05) is 19.7 Å². The van der Waals surface area contributed by atoms with Gasteiger partial charge in [-0.3, -0.25) is 0 Å². The number of hydrogen-bond acceptors (Lipinski definition) is 4. The lowest BCUT2D eigenvalue weighted by atomic mass is 10.3. The van der Waals surface area contributed by atoms with Crippen molar-refractivity contribution < 1.29 is 21.9 Å². The Hall–Kier alpha value is -1.56. The summed E-state index contributed by atoms with van der Waals surface area (Å²) in [4.78, 5) is -0.604. The summed E-state index contributed by atoms with van der Waals surface area (Å²) < 4.78 is 56.7. The van der Waals surface area contributed by atoms with Crippen molar-refractivity contribution in [3.63, 3.8) is 0 Å². The fraction of sp³-hybridized carbons (Fsp3) is 0.364. The molecule has 102 valence electrons. The van der Waals surface area contributed by atoms with Gasteiger partial charge in [0.05, 0.1) is 19.2 Å². The number of benzene rings is 1. The number of halogens is 2. The summed E-state index contributed by atoms with van der Waals surface area (Å²) >= 11 is 0. The second-order valence-corrected chi connectivity index (χ2v) is 5.83. The summed E-state index contributed by atoms with van der Waals surface area (Å²) in [6.45, 7) is -0.0900. The quantitative estimate of drug-likeness (QED) is 0.810. The van der Waals surface area contributed by atoms with Crippen molar-refractivity contribution >= 4 is 10.0 Å². The molecule has 1 saturated heterocycles. The van der Waals surface area contributed by atoms with E-state index >= 15 is 0 Å². The Morgan fingerprint density at radius 3 is 2.79 bits per heavy atom. The molecule has 5 nitrogen and oxygen atoms in total. The van der Waals surface area contributed by atoms with Gasteiger partial charge >= 0.3 is 0 Å². The van der Waals surface area contributed by atoms with Crippen molar-refractivity contribution in [3.05, 3.63) is 29.8 Å². The average molecular weight is 288 g/mol. The zero-order valence-electron chi connectivity index (χ0n) is 9.71. The van der Waals surface area contributed by atoms with Crippen LogP contribution >= 0.6 is 0 Å². The van der Waals surface area contributed by atoms with Crippen LogP contribution in [0.2, 0.25) is 0 Å². The smallest absolute Gasteiger partial charge is 0.246 e. The van der Waals surface area contributed by atoms with Gasteiger partial charge in [0, 0.05) is 12.6 Å². The minimum absolute atomic E-state index is 0.0251. The molecule has 1 aromatic rings. The lowest BCUT2D eigenvalue weighted by molar-refractivity contribution is 0.0310. The second-order valence-electron chi connectivity index (χ2n) is 3.93. The van der Waals surface area contributed by atoms with Gasteiger partial charge in [-0.05, 0) is 12.1 Å². The summed E-state index contributed by atoms with van der Waals surface area (Å²) in [5, 5.41) is 8.72. The van der Waals surface area contributed by atoms with Crippen LogP contribution in [-0.2, 0) is 14.8 Å². The molecular formula is C11H10F2N2O3S. The minimum atomic E-state index is -4.09. The molecule has 1 fully saturated rings. The first-order chi connectivity index (χ1) is 8.95. The highest BCUT2D eigenvalue weighted by Gasteiger charge is 2.32. The Bertz CT molecular complexity index is 627. The highest BCUT2D eigenvalue weighted by Crippen LogP contribution is 2.22. The fourth-order valence-corrected chi connectivity index (χ4v) is 3.22. The molecule has 0 spiro atoms. The van der Waals surface area contributed by atoms with Crippen LogP contribution in [0.1, 0.15) is 0 Å². The number of nitriles is 1. The van der Waals surface area contributed by atoms with Gasteiger partial charge in [0.2, 0.25) is 10.0 Å². The summed E-state index contributed by atoms with van der Waals surface area (Å²) in [5.74, 6) is -2.01. The van der Waals surface area contributed by atoms with Crippen LogP contribution in [-0.4, -0.2) is 38.5 Å². The molecule has 2 rings (SSSR count). The largest absolute Gasteiger partial charge is 0.361 e. The average Bonchev–Trinajstić information content (AvgIpc) is 2.38. The van der Waals surface area contributed by atoms with E-state index in [9.17, 15) is 17.2 Å². The Balaban J connectivity index is 2.34. The zero-order valence-corrected chi connectivity index (χ0v) is 10.5. The van der Waals surface area contributed by atoms with Gasteiger partial charge in [-0.15, -0.1) is 0 Å². The third kappa shape index (κ3) is 2.73. The topological polar surface area (TPSA) is 70.4 Å². The normalized spacial score (nSPS) is 21.0. The third-order valence-corrected chi connectivity index (χ3v) is 4.58. The molecule has 1 aromatic carbocycles. The standard InChI is InChI=1S/C11H10F2N2O3S/c12-8-1-2-11(10(13)5-8)19(16,17)15-3-4-18-9(6-14)7-15/h1-2,5,9H,3-4,7H2. The van der Waals surface area contributed by atoms with Gasteiger partial charge in [0.25, 0.3) is 0 Å². The Morgan fingerprint density at radius 1 is 1.42 bits per heavy atom. The van der Waals surface area contributed by atoms with Crippen LogP contribution in [0.25, 0.3) is 0 Å². The molecule has 1 aliphatic heterocycles.